The first kappa shape index (κ1) is 19.5. The molecule has 1 aromatic heterocycles. The van der Waals surface area contributed by atoms with Gasteiger partial charge in [0.1, 0.15) is 11.5 Å². The zero-order valence-corrected chi connectivity index (χ0v) is 16.2. The third kappa shape index (κ3) is 5.13. The maximum atomic E-state index is 12.9. The van der Waals surface area contributed by atoms with Crippen molar-refractivity contribution in [3.05, 3.63) is 82.4 Å². The molecule has 1 heterocycles. The number of aromatic nitrogens is 2. The van der Waals surface area contributed by atoms with Crippen LogP contribution in [0.4, 0.5) is 16.0 Å². The van der Waals surface area contributed by atoms with Crippen LogP contribution in [0.2, 0.25) is 0 Å². The number of nitrogens with one attached hydrogen (secondary N) is 2. The van der Waals surface area contributed by atoms with E-state index in [0.717, 1.165) is 16.8 Å². The van der Waals surface area contributed by atoms with Gasteiger partial charge in [-0.3, -0.25) is 4.79 Å². The number of halogens is 1. The molecular formula is C22H23FN4O. The van der Waals surface area contributed by atoms with Crippen molar-refractivity contribution in [1.82, 2.24) is 15.3 Å². The number of benzene rings is 2. The first-order valence-corrected chi connectivity index (χ1v) is 9.13. The highest BCUT2D eigenvalue weighted by atomic mass is 19.1. The van der Waals surface area contributed by atoms with Gasteiger partial charge in [0.25, 0.3) is 5.91 Å². The van der Waals surface area contributed by atoms with Crippen LogP contribution in [-0.4, -0.2) is 22.4 Å². The Morgan fingerprint density at radius 2 is 1.75 bits per heavy atom. The Morgan fingerprint density at radius 3 is 2.46 bits per heavy atom. The average Bonchev–Trinajstić information content (AvgIpc) is 2.65. The van der Waals surface area contributed by atoms with Gasteiger partial charge in [-0.05, 0) is 62.6 Å². The fraction of sp³-hybridized carbons (Fsp3) is 0.227. The molecule has 0 aliphatic heterocycles. The predicted molar refractivity (Wildman–Crippen MR) is 108 cm³/mol. The summed E-state index contributed by atoms with van der Waals surface area (Å²) in [7, 11) is 0. The largest absolute Gasteiger partial charge is 0.350 e. The zero-order valence-electron chi connectivity index (χ0n) is 16.2. The summed E-state index contributed by atoms with van der Waals surface area (Å²) < 4.78 is 12.9. The van der Waals surface area contributed by atoms with Gasteiger partial charge in [-0.25, -0.2) is 14.4 Å². The molecule has 0 aliphatic carbocycles. The fourth-order valence-electron chi connectivity index (χ4n) is 2.88. The maximum absolute atomic E-state index is 12.9. The Morgan fingerprint density at radius 1 is 1.00 bits per heavy atom. The van der Waals surface area contributed by atoms with Crippen LogP contribution in [0.25, 0.3) is 0 Å². The van der Waals surface area contributed by atoms with Crippen LogP contribution < -0.4 is 10.6 Å². The zero-order chi connectivity index (χ0) is 20.1. The van der Waals surface area contributed by atoms with Crippen LogP contribution in [-0.2, 0) is 6.42 Å². The van der Waals surface area contributed by atoms with Crippen molar-refractivity contribution < 1.29 is 9.18 Å². The minimum atomic E-state index is -0.270. The second kappa shape index (κ2) is 8.61. The Kier molecular flexibility index (Phi) is 5.99. The van der Waals surface area contributed by atoms with E-state index in [1.807, 2.05) is 32.9 Å². The van der Waals surface area contributed by atoms with E-state index < -0.39 is 0 Å². The lowest BCUT2D eigenvalue weighted by molar-refractivity contribution is 0.0949. The van der Waals surface area contributed by atoms with Crippen molar-refractivity contribution >= 4 is 17.5 Å². The van der Waals surface area contributed by atoms with Gasteiger partial charge in [-0.2, -0.15) is 0 Å². The molecule has 0 unspecified atom stereocenters. The summed E-state index contributed by atoms with van der Waals surface area (Å²) in [5.74, 6) is -0.153. The monoisotopic (exact) mass is 378 g/mol. The number of rotatable bonds is 6. The molecule has 2 N–H and O–H groups in total. The van der Waals surface area contributed by atoms with Gasteiger partial charge in [0.05, 0.1) is 0 Å². The van der Waals surface area contributed by atoms with E-state index in [-0.39, 0.29) is 11.7 Å². The molecule has 5 nitrogen and oxygen atoms in total. The highest BCUT2D eigenvalue weighted by Crippen LogP contribution is 2.19. The van der Waals surface area contributed by atoms with E-state index in [4.69, 9.17) is 0 Å². The Balaban J connectivity index is 1.66. The second-order valence-corrected chi connectivity index (χ2v) is 6.79. The van der Waals surface area contributed by atoms with E-state index in [2.05, 4.69) is 26.7 Å². The topological polar surface area (TPSA) is 66.9 Å². The molecule has 0 fully saturated rings. The molecule has 144 valence electrons. The van der Waals surface area contributed by atoms with E-state index in [9.17, 15) is 9.18 Å². The number of hydrogen-bond acceptors (Lipinski definition) is 4. The van der Waals surface area contributed by atoms with Crippen LogP contribution >= 0.6 is 0 Å². The summed E-state index contributed by atoms with van der Waals surface area (Å²) in [6.45, 7) is 6.31. The van der Waals surface area contributed by atoms with Crippen molar-refractivity contribution in [2.45, 2.75) is 27.2 Å². The second-order valence-electron chi connectivity index (χ2n) is 6.79. The molecular weight excluding hydrogens is 355 g/mol. The van der Waals surface area contributed by atoms with E-state index in [1.165, 1.54) is 17.7 Å². The smallest absolute Gasteiger partial charge is 0.270 e. The third-order valence-corrected chi connectivity index (χ3v) is 4.33. The molecule has 0 bridgehead atoms. The molecule has 3 aromatic rings. The third-order valence-electron chi connectivity index (χ3n) is 4.33. The molecule has 6 heteroatoms. The molecule has 0 radical (unpaired) electrons. The fourth-order valence-corrected chi connectivity index (χ4v) is 2.88. The van der Waals surface area contributed by atoms with Gasteiger partial charge in [0, 0.05) is 17.9 Å². The van der Waals surface area contributed by atoms with Crippen LogP contribution in [0, 0.1) is 26.6 Å². The van der Waals surface area contributed by atoms with Crippen LogP contribution in [0.3, 0.4) is 0 Å². The molecule has 0 aliphatic rings. The molecule has 28 heavy (non-hydrogen) atoms. The molecule has 0 atom stereocenters. The normalized spacial score (nSPS) is 10.6. The lowest BCUT2D eigenvalue weighted by atomic mass is 10.1. The van der Waals surface area contributed by atoms with Gasteiger partial charge in [-0.15, -0.1) is 0 Å². The highest BCUT2D eigenvalue weighted by molar-refractivity contribution is 5.92. The average molecular weight is 378 g/mol. The number of anilines is 2. The molecule has 0 saturated heterocycles. The van der Waals surface area contributed by atoms with E-state index >= 15 is 0 Å². The predicted octanol–water partition coefficient (Wildman–Crippen LogP) is 4.26. The van der Waals surface area contributed by atoms with Gasteiger partial charge in [0.2, 0.25) is 5.95 Å². The Bertz CT molecular complexity index is 986. The van der Waals surface area contributed by atoms with Crippen molar-refractivity contribution in [2.75, 3.05) is 11.9 Å². The summed E-state index contributed by atoms with van der Waals surface area (Å²) in [6.07, 6.45) is 0.615. The first-order valence-electron chi connectivity index (χ1n) is 9.13. The first-order chi connectivity index (χ1) is 13.4. The lowest BCUT2D eigenvalue weighted by Gasteiger charge is -2.11. The Labute approximate surface area is 164 Å². The summed E-state index contributed by atoms with van der Waals surface area (Å²) >= 11 is 0. The minimum Gasteiger partial charge on any atom is -0.350 e. The number of amides is 1. The van der Waals surface area contributed by atoms with E-state index in [0.29, 0.717) is 30.3 Å². The molecule has 0 saturated carbocycles. The standard InChI is InChI=1S/C22H23FN4O/c1-14-4-9-19(15(2)12-14)26-22-25-16(3)13-20(27-22)21(28)24-11-10-17-5-7-18(23)8-6-17/h4-9,12-13H,10-11H2,1-3H3,(H,24,28)(H,25,26,27). The van der Waals surface area contributed by atoms with Crippen molar-refractivity contribution in [3.63, 3.8) is 0 Å². The van der Waals surface area contributed by atoms with Gasteiger partial charge >= 0.3 is 0 Å². The maximum Gasteiger partial charge on any atom is 0.270 e. The van der Waals surface area contributed by atoms with Gasteiger partial charge in [0.15, 0.2) is 0 Å². The van der Waals surface area contributed by atoms with Crippen LogP contribution in [0.5, 0.6) is 0 Å². The SMILES string of the molecule is Cc1ccc(Nc2nc(C)cc(C(=O)NCCc3ccc(F)cc3)n2)c(C)c1. The number of aryl methyl sites for hydroxylation is 3. The number of hydrogen-bond donors (Lipinski definition) is 2. The lowest BCUT2D eigenvalue weighted by Crippen LogP contribution is -2.27. The van der Waals surface area contributed by atoms with Crippen LogP contribution in [0.1, 0.15) is 32.9 Å². The summed E-state index contributed by atoms with van der Waals surface area (Å²) in [4.78, 5) is 21.2. The molecule has 3 rings (SSSR count). The quantitative estimate of drug-likeness (QED) is 0.673. The number of carbonyl (C=O) groups excluding carboxylic acids is 1. The molecule has 1 amide bonds. The van der Waals surface area contributed by atoms with Crippen molar-refractivity contribution in [3.8, 4) is 0 Å². The highest BCUT2D eigenvalue weighted by Gasteiger charge is 2.11. The Hall–Kier alpha value is -3.28. The van der Waals surface area contributed by atoms with Crippen LogP contribution in [0.15, 0.2) is 48.5 Å². The van der Waals surface area contributed by atoms with Crippen molar-refractivity contribution in [2.24, 2.45) is 0 Å². The number of carbonyl (C=O) groups is 1. The minimum absolute atomic E-state index is 0.267. The number of nitrogens with zero attached hydrogens (tertiary/aromatic N) is 2. The summed E-state index contributed by atoms with van der Waals surface area (Å²) in [6, 6.07) is 13.9. The van der Waals surface area contributed by atoms with E-state index in [1.54, 1.807) is 18.2 Å². The molecule has 0 spiro atoms. The van der Waals surface area contributed by atoms with Gasteiger partial charge in [-0.1, -0.05) is 29.8 Å². The summed E-state index contributed by atoms with van der Waals surface area (Å²) in [5, 5.41) is 6.03. The van der Waals surface area contributed by atoms with Crippen molar-refractivity contribution in [1.29, 1.82) is 0 Å². The van der Waals surface area contributed by atoms with Gasteiger partial charge < -0.3 is 10.6 Å². The summed E-state index contributed by atoms with van der Waals surface area (Å²) in [5.41, 5.74) is 5.12. The molecule has 2 aromatic carbocycles.